The van der Waals surface area contributed by atoms with Gasteiger partial charge in [-0.25, -0.2) is 4.98 Å². The molecule has 1 amide bonds. The summed E-state index contributed by atoms with van der Waals surface area (Å²) in [6, 6.07) is 15.5. The number of para-hydroxylation sites is 1. The highest BCUT2D eigenvalue weighted by Gasteiger charge is 2.26. The molecule has 4 aromatic rings. The van der Waals surface area contributed by atoms with Gasteiger partial charge < -0.3 is 4.90 Å². The van der Waals surface area contributed by atoms with Gasteiger partial charge in [0, 0.05) is 34.7 Å². The van der Waals surface area contributed by atoms with Gasteiger partial charge in [0.05, 0.1) is 22.5 Å². The summed E-state index contributed by atoms with van der Waals surface area (Å²) in [6.07, 6.45) is 4.73. The molecule has 0 unspecified atom stereocenters. The standard InChI is InChI=1S/C31H32ClN3O2S/c1-4-21-10-9-11-22(5-2)28(21)35-20(3)25(30(36)34-16-7-6-8-17-34)18-26(31(35)37)29-33-27(19-38-29)23-12-14-24(32)15-13-23/h9-15,18-19H,4-8,16-17H2,1-3H3. The fourth-order valence-electron chi connectivity index (χ4n) is 5.26. The van der Waals surface area contributed by atoms with Gasteiger partial charge in [0.1, 0.15) is 5.01 Å². The molecule has 0 aliphatic carbocycles. The Kier molecular flexibility index (Phi) is 7.82. The van der Waals surface area contributed by atoms with Crippen LogP contribution >= 0.6 is 22.9 Å². The quantitative estimate of drug-likeness (QED) is 0.255. The molecule has 1 aliphatic heterocycles. The minimum atomic E-state index is -0.148. The molecule has 0 atom stereocenters. The Bertz CT molecular complexity index is 1510. The number of halogens is 1. The number of thiazole rings is 1. The Morgan fingerprint density at radius 2 is 1.66 bits per heavy atom. The summed E-state index contributed by atoms with van der Waals surface area (Å²) in [5.41, 5.74) is 6.33. The van der Waals surface area contributed by atoms with Crippen LogP contribution in [0.1, 0.15) is 60.3 Å². The normalized spacial score (nSPS) is 13.6. The van der Waals surface area contributed by atoms with Crippen LogP contribution in [-0.2, 0) is 12.8 Å². The topological polar surface area (TPSA) is 55.2 Å². The molecule has 1 fully saturated rings. The summed E-state index contributed by atoms with van der Waals surface area (Å²) >= 11 is 7.49. The lowest BCUT2D eigenvalue weighted by Crippen LogP contribution is -2.37. The third kappa shape index (κ3) is 4.95. The predicted molar refractivity (Wildman–Crippen MR) is 157 cm³/mol. The zero-order chi connectivity index (χ0) is 26.8. The third-order valence-electron chi connectivity index (χ3n) is 7.38. The molecule has 196 valence electrons. The maximum Gasteiger partial charge on any atom is 0.265 e. The zero-order valence-corrected chi connectivity index (χ0v) is 23.7. The van der Waals surface area contributed by atoms with Gasteiger partial charge in [0.15, 0.2) is 0 Å². The number of carbonyl (C=O) groups excluding carboxylic acids is 1. The number of benzene rings is 2. The van der Waals surface area contributed by atoms with Crippen LogP contribution in [0, 0.1) is 6.92 Å². The van der Waals surface area contributed by atoms with E-state index in [2.05, 4.69) is 26.0 Å². The van der Waals surface area contributed by atoms with E-state index in [1.54, 1.807) is 10.6 Å². The van der Waals surface area contributed by atoms with Crippen molar-refractivity contribution in [2.24, 2.45) is 0 Å². The Labute approximate surface area is 232 Å². The number of amides is 1. The molecule has 0 radical (unpaired) electrons. The second-order valence-electron chi connectivity index (χ2n) is 9.73. The average molecular weight is 546 g/mol. The molecule has 5 nitrogen and oxygen atoms in total. The summed E-state index contributed by atoms with van der Waals surface area (Å²) < 4.78 is 1.77. The first-order valence-corrected chi connectivity index (χ1v) is 14.6. The van der Waals surface area contributed by atoms with Crippen LogP contribution in [0.25, 0.3) is 27.5 Å². The summed E-state index contributed by atoms with van der Waals surface area (Å²) in [7, 11) is 0. The van der Waals surface area contributed by atoms with Crippen LogP contribution in [0.15, 0.2) is 58.7 Å². The number of aromatic nitrogens is 2. The van der Waals surface area contributed by atoms with Crippen molar-refractivity contribution in [2.45, 2.75) is 52.9 Å². The van der Waals surface area contributed by atoms with Gasteiger partial charge in [-0.05, 0) is 68.4 Å². The van der Waals surface area contributed by atoms with E-state index in [1.165, 1.54) is 11.3 Å². The molecule has 0 spiro atoms. The largest absolute Gasteiger partial charge is 0.339 e. The molecule has 0 N–H and O–H groups in total. The van der Waals surface area contributed by atoms with Crippen molar-refractivity contribution in [3.63, 3.8) is 0 Å². The number of pyridine rings is 1. The molecule has 7 heteroatoms. The Hall–Kier alpha value is -3.22. The van der Waals surface area contributed by atoms with Crippen molar-refractivity contribution in [2.75, 3.05) is 13.1 Å². The van der Waals surface area contributed by atoms with Crippen LogP contribution in [0.5, 0.6) is 0 Å². The summed E-state index contributed by atoms with van der Waals surface area (Å²) in [5, 5.41) is 3.22. The monoisotopic (exact) mass is 545 g/mol. The van der Waals surface area contributed by atoms with Crippen molar-refractivity contribution in [3.05, 3.63) is 91.7 Å². The SMILES string of the molecule is CCc1cccc(CC)c1-n1c(C)c(C(=O)N2CCCCC2)cc(-c2nc(-c3ccc(Cl)cc3)cs2)c1=O. The molecule has 0 saturated carbocycles. The van der Waals surface area contributed by atoms with Crippen LogP contribution in [-0.4, -0.2) is 33.4 Å². The fourth-order valence-corrected chi connectivity index (χ4v) is 6.23. The van der Waals surface area contributed by atoms with Crippen molar-refractivity contribution >= 4 is 28.8 Å². The third-order valence-corrected chi connectivity index (χ3v) is 8.51. The number of likely N-dealkylation sites (tertiary alicyclic amines) is 1. The predicted octanol–water partition coefficient (Wildman–Crippen LogP) is 7.34. The Morgan fingerprint density at radius 1 is 1.00 bits per heavy atom. The van der Waals surface area contributed by atoms with Crippen molar-refractivity contribution in [1.29, 1.82) is 0 Å². The number of rotatable bonds is 6. The Morgan fingerprint density at radius 3 is 2.29 bits per heavy atom. The minimum absolute atomic E-state index is 0.0151. The highest BCUT2D eigenvalue weighted by Crippen LogP contribution is 2.31. The molecule has 1 saturated heterocycles. The maximum absolute atomic E-state index is 14.3. The van der Waals surface area contributed by atoms with Gasteiger partial charge in [-0.2, -0.15) is 0 Å². The summed E-state index contributed by atoms with van der Waals surface area (Å²) in [5.74, 6) is -0.0151. The molecule has 0 bridgehead atoms. The van der Waals surface area contributed by atoms with E-state index >= 15 is 0 Å². The van der Waals surface area contributed by atoms with Gasteiger partial charge in [-0.15, -0.1) is 11.3 Å². The van der Waals surface area contributed by atoms with Gasteiger partial charge in [-0.1, -0.05) is 55.8 Å². The number of nitrogens with zero attached hydrogens (tertiary/aromatic N) is 3. The molecule has 38 heavy (non-hydrogen) atoms. The summed E-state index contributed by atoms with van der Waals surface area (Å²) in [4.78, 5) is 34.9. The lowest BCUT2D eigenvalue weighted by Gasteiger charge is -2.28. The number of hydrogen-bond donors (Lipinski definition) is 0. The first-order chi connectivity index (χ1) is 18.4. The molecule has 2 aromatic heterocycles. The number of aryl methyl sites for hydroxylation is 2. The second-order valence-corrected chi connectivity index (χ2v) is 11.0. The highest BCUT2D eigenvalue weighted by atomic mass is 35.5. The van der Waals surface area contributed by atoms with E-state index in [0.717, 1.165) is 73.3 Å². The van der Waals surface area contributed by atoms with Crippen LogP contribution in [0.2, 0.25) is 5.02 Å². The van der Waals surface area contributed by atoms with Crippen molar-refractivity contribution in [1.82, 2.24) is 14.5 Å². The van der Waals surface area contributed by atoms with Crippen LogP contribution < -0.4 is 5.56 Å². The molecule has 5 rings (SSSR count). The van der Waals surface area contributed by atoms with Gasteiger partial charge in [0.2, 0.25) is 0 Å². The van der Waals surface area contributed by atoms with E-state index < -0.39 is 0 Å². The molecule has 3 heterocycles. The van der Waals surface area contributed by atoms with E-state index in [0.29, 0.717) is 26.9 Å². The van der Waals surface area contributed by atoms with E-state index in [4.69, 9.17) is 16.6 Å². The summed E-state index contributed by atoms with van der Waals surface area (Å²) in [6.45, 7) is 7.59. The lowest BCUT2D eigenvalue weighted by molar-refractivity contribution is 0.0722. The molecule has 1 aliphatic rings. The van der Waals surface area contributed by atoms with Crippen molar-refractivity contribution in [3.8, 4) is 27.5 Å². The second kappa shape index (κ2) is 11.3. The first kappa shape index (κ1) is 26.4. The first-order valence-electron chi connectivity index (χ1n) is 13.3. The van der Waals surface area contributed by atoms with Gasteiger partial charge >= 0.3 is 0 Å². The molecular formula is C31H32ClN3O2S. The fraction of sp³-hybridized carbons (Fsp3) is 0.323. The lowest BCUT2D eigenvalue weighted by atomic mass is 10.0. The van der Waals surface area contributed by atoms with E-state index in [9.17, 15) is 9.59 Å². The van der Waals surface area contributed by atoms with Gasteiger partial charge in [0.25, 0.3) is 11.5 Å². The number of carbonyl (C=O) groups is 1. The van der Waals surface area contributed by atoms with E-state index in [-0.39, 0.29) is 11.5 Å². The smallest absolute Gasteiger partial charge is 0.265 e. The minimum Gasteiger partial charge on any atom is -0.339 e. The van der Waals surface area contributed by atoms with Crippen molar-refractivity contribution < 1.29 is 4.79 Å². The van der Waals surface area contributed by atoms with Gasteiger partial charge in [-0.3, -0.25) is 14.2 Å². The molecular weight excluding hydrogens is 514 g/mol. The maximum atomic E-state index is 14.3. The van der Waals surface area contributed by atoms with E-state index in [1.807, 2.05) is 47.5 Å². The number of piperidine rings is 1. The number of hydrogen-bond acceptors (Lipinski definition) is 4. The average Bonchev–Trinajstić information content (AvgIpc) is 3.43. The van der Waals surface area contributed by atoms with Crippen LogP contribution in [0.3, 0.4) is 0 Å². The zero-order valence-electron chi connectivity index (χ0n) is 22.1. The molecule has 2 aromatic carbocycles. The highest BCUT2D eigenvalue weighted by molar-refractivity contribution is 7.13. The van der Waals surface area contributed by atoms with Crippen LogP contribution in [0.4, 0.5) is 0 Å². The Balaban J connectivity index is 1.73.